The van der Waals surface area contributed by atoms with Gasteiger partial charge in [0.15, 0.2) is 0 Å². The molecule has 98 valence electrons. The van der Waals surface area contributed by atoms with Gasteiger partial charge in [-0.1, -0.05) is 55.9 Å². The SMILES string of the molecule is C/C=C\C1C2=CC=C(I)CC2C(C)(C)C1/C=C/C. The zero-order valence-electron chi connectivity index (χ0n) is 11.8. The standard InChI is InChI=1S/C17H23I/c1-5-7-13-14-10-9-12(18)11-16(14)17(3,4)15(13)8-6-2/h5-10,13,15-16H,11H2,1-4H3/b7-5-,8-6+. The molecule has 0 nitrogen and oxygen atoms in total. The first-order chi connectivity index (χ1) is 8.52. The molecule has 2 rings (SSSR count). The van der Waals surface area contributed by atoms with E-state index in [1.165, 1.54) is 10.0 Å². The maximum atomic E-state index is 2.49. The summed E-state index contributed by atoms with van der Waals surface area (Å²) in [6.07, 6.45) is 15.1. The van der Waals surface area contributed by atoms with Crippen LogP contribution < -0.4 is 0 Å². The molecule has 0 amide bonds. The minimum absolute atomic E-state index is 0.354. The molecule has 0 aliphatic heterocycles. The molecule has 0 bridgehead atoms. The summed E-state index contributed by atoms with van der Waals surface area (Å²) >= 11 is 2.49. The number of hydrogen-bond acceptors (Lipinski definition) is 0. The number of halogens is 1. The van der Waals surface area contributed by atoms with Gasteiger partial charge in [0.1, 0.15) is 0 Å². The van der Waals surface area contributed by atoms with Gasteiger partial charge in [0.05, 0.1) is 0 Å². The largest absolute Gasteiger partial charge is 0.0913 e. The quantitative estimate of drug-likeness (QED) is 0.442. The minimum atomic E-state index is 0.354. The van der Waals surface area contributed by atoms with E-state index < -0.39 is 0 Å². The molecule has 0 aromatic heterocycles. The van der Waals surface area contributed by atoms with Crippen LogP contribution in [0.25, 0.3) is 0 Å². The average molecular weight is 354 g/mol. The second-order valence-corrected chi connectivity index (χ2v) is 7.35. The van der Waals surface area contributed by atoms with Crippen LogP contribution >= 0.6 is 22.6 Å². The Kier molecular flexibility index (Phi) is 4.20. The van der Waals surface area contributed by atoms with Gasteiger partial charge in [-0.3, -0.25) is 0 Å². The van der Waals surface area contributed by atoms with Gasteiger partial charge in [-0.05, 0) is 63.7 Å². The van der Waals surface area contributed by atoms with Crippen LogP contribution in [0.5, 0.6) is 0 Å². The van der Waals surface area contributed by atoms with Gasteiger partial charge in [0.2, 0.25) is 0 Å². The predicted molar refractivity (Wildman–Crippen MR) is 88.7 cm³/mol. The molecule has 1 heteroatoms. The Bertz CT molecular complexity index is 435. The van der Waals surface area contributed by atoms with Crippen LogP contribution in [-0.2, 0) is 0 Å². The van der Waals surface area contributed by atoms with Crippen LogP contribution in [0.1, 0.15) is 34.1 Å². The van der Waals surface area contributed by atoms with Crippen LogP contribution in [0.2, 0.25) is 0 Å². The van der Waals surface area contributed by atoms with Crippen molar-refractivity contribution in [3.63, 3.8) is 0 Å². The zero-order valence-corrected chi connectivity index (χ0v) is 13.9. The van der Waals surface area contributed by atoms with Gasteiger partial charge < -0.3 is 0 Å². The smallest absolute Gasteiger partial charge is 0.00510 e. The van der Waals surface area contributed by atoms with E-state index in [1.54, 1.807) is 5.57 Å². The molecule has 1 saturated carbocycles. The van der Waals surface area contributed by atoms with E-state index in [9.17, 15) is 0 Å². The highest BCUT2D eigenvalue weighted by molar-refractivity contribution is 14.1. The van der Waals surface area contributed by atoms with Crippen LogP contribution in [-0.4, -0.2) is 0 Å². The molecule has 0 aromatic rings. The van der Waals surface area contributed by atoms with Crippen LogP contribution in [0.4, 0.5) is 0 Å². The fourth-order valence-corrected chi connectivity index (χ4v) is 4.26. The Hall–Kier alpha value is -0.310. The normalized spacial score (nSPS) is 34.8. The molecule has 2 aliphatic carbocycles. The highest BCUT2D eigenvalue weighted by Crippen LogP contribution is 2.58. The van der Waals surface area contributed by atoms with Gasteiger partial charge >= 0.3 is 0 Å². The van der Waals surface area contributed by atoms with E-state index in [-0.39, 0.29) is 0 Å². The summed E-state index contributed by atoms with van der Waals surface area (Å²) in [5, 5.41) is 0. The first-order valence-corrected chi connectivity index (χ1v) is 7.92. The monoisotopic (exact) mass is 354 g/mol. The fraction of sp³-hybridized carbons (Fsp3) is 0.529. The minimum Gasteiger partial charge on any atom is -0.0913 e. The third-order valence-electron chi connectivity index (χ3n) is 4.59. The van der Waals surface area contributed by atoms with Crippen molar-refractivity contribution in [2.24, 2.45) is 23.2 Å². The number of rotatable bonds is 2. The lowest BCUT2D eigenvalue weighted by atomic mass is 9.72. The third kappa shape index (κ3) is 2.26. The molecular weight excluding hydrogens is 331 g/mol. The molecule has 0 aromatic carbocycles. The number of hydrogen-bond donors (Lipinski definition) is 0. The Morgan fingerprint density at radius 1 is 1.17 bits per heavy atom. The Labute approximate surface area is 125 Å². The van der Waals surface area contributed by atoms with Crippen LogP contribution in [0.3, 0.4) is 0 Å². The van der Waals surface area contributed by atoms with E-state index in [0.717, 1.165) is 0 Å². The summed E-state index contributed by atoms with van der Waals surface area (Å²) in [7, 11) is 0. The van der Waals surface area contributed by atoms with E-state index in [0.29, 0.717) is 23.2 Å². The lowest BCUT2D eigenvalue weighted by Crippen LogP contribution is -2.25. The molecule has 3 unspecified atom stereocenters. The third-order valence-corrected chi connectivity index (χ3v) is 5.39. The Balaban J connectivity index is 2.47. The summed E-state index contributed by atoms with van der Waals surface area (Å²) in [5.41, 5.74) is 1.99. The molecule has 1 fully saturated rings. The Morgan fingerprint density at radius 2 is 1.83 bits per heavy atom. The average Bonchev–Trinajstić information content (AvgIpc) is 2.52. The van der Waals surface area contributed by atoms with Crippen molar-refractivity contribution in [3.05, 3.63) is 45.6 Å². The van der Waals surface area contributed by atoms with E-state index in [2.05, 4.69) is 86.7 Å². The van der Waals surface area contributed by atoms with Crippen molar-refractivity contribution in [1.29, 1.82) is 0 Å². The fourth-order valence-electron chi connectivity index (χ4n) is 3.64. The molecule has 0 spiro atoms. The van der Waals surface area contributed by atoms with Crippen LogP contribution in [0, 0.1) is 23.2 Å². The zero-order chi connectivity index (χ0) is 13.3. The predicted octanol–water partition coefficient (Wildman–Crippen LogP) is 5.68. The molecule has 0 radical (unpaired) electrons. The summed E-state index contributed by atoms with van der Waals surface area (Å²) in [4.78, 5) is 0. The lowest BCUT2D eigenvalue weighted by molar-refractivity contribution is 0.218. The maximum Gasteiger partial charge on any atom is 0.00510 e. The maximum absolute atomic E-state index is 2.49. The van der Waals surface area contributed by atoms with Crippen molar-refractivity contribution >= 4 is 22.6 Å². The lowest BCUT2D eigenvalue weighted by Gasteiger charge is -2.33. The van der Waals surface area contributed by atoms with Gasteiger partial charge in [0, 0.05) is 5.92 Å². The first-order valence-electron chi connectivity index (χ1n) is 6.84. The van der Waals surface area contributed by atoms with Gasteiger partial charge in [-0.15, -0.1) is 0 Å². The highest BCUT2D eigenvalue weighted by atomic mass is 127. The van der Waals surface area contributed by atoms with Crippen molar-refractivity contribution < 1.29 is 0 Å². The van der Waals surface area contributed by atoms with E-state index in [1.807, 2.05) is 0 Å². The second-order valence-electron chi connectivity index (χ2n) is 5.96. The topological polar surface area (TPSA) is 0 Å². The van der Waals surface area contributed by atoms with Crippen molar-refractivity contribution in [2.45, 2.75) is 34.1 Å². The molecule has 0 N–H and O–H groups in total. The molecule has 0 heterocycles. The van der Waals surface area contributed by atoms with Gasteiger partial charge in [-0.2, -0.15) is 0 Å². The van der Waals surface area contributed by atoms with Crippen molar-refractivity contribution in [1.82, 2.24) is 0 Å². The molecule has 0 saturated heterocycles. The second kappa shape index (κ2) is 5.36. The number of allylic oxidation sites excluding steroid dienone is 8. The van der Waals surface area contributed by atoms with Crippen molar-refractivity contribution in [2.75, 3.05) is 0 Å². The van der Waals surface area contributed by atoms with Gasteiger partial charge in [-0.25, -0.2) is 0 Å². The highest BCUT2D eigenvalue weighted by Gasteiger charge is 2.50. The molecule has 3 atom stereocenters. The van der Waals surface area contributed by atoms with Crippen LogP contribution in [0.15, 0.2) is 45.6 Å². The molecule has 2 aliphatic rings. The summed E-state index contributed by atoms with van der Waals surface area (Å²) in [6, 6.07) is 0. The number of fused-ring (bicyclic) bond motifs is 1. The van der Waals surface area contributed by atoms with E-state index >= 15 is 0 Å². The summed E-state index contributed by atoms with van der Waals surface area (Å²) < 4.78 is 1.50. The Morgan fingerprint density at radius 3 is 2.44 bits per heavy atom. The first kappa shape index (κ1) is 14.1. The van der Waals surface area contributed by atoms with Crippen molar-refractivity contribution in [3.8, 4) is 0 Å². The summed E-state index contributed by atoms with van der Waals surface area (Å²) in [5.74, 6) is 1.93. The molecule has 18 heavy (non-hydrogen) atoms. The molecular formula is C17H23I. The summed E-state index contributed by atoms with van der Waals surface area (Å²) in [6.45, 7) is 9.15. The van der Waals surface area contributed by atoms with E-state index in [4.69, 9.17) is 0 Å². The van der Waals surface area contributed by atoms with Gasteiger partial charge in [0.25, 0.3) is 0 Å².